The zero-order valence-corrected chi connectivity index (χ0v) is 55.5. The molecule has 5 aliphatic rings. The van der Waals surface area contributed by atoms with Crippen LogP contribution in [0.15, 0.2) is 71.8 Å². The van der Waals surface area contributed by atoms with Crippen molar-refractivity contribution >= 4 is 64.7 Å². The van der Waals surface area contributed by atoms with Crippen LogP contribution in [-0.4, -0.2) is 195 Å². The minimum atomic E-state index is -2.55. The van der Waals surface area contributed by atoms with Gasteiger partial charge in [0.1, 0.15) is 46.5 Å². The van der Waals surface area contributed by atoms with E-state index in [2.05, 4.69) is 16.0 Å². The summed E-state index contributed by atoms with van der Waals surface area (Å²) in [4.78, 5) is 128. The van der Waals surface area contributed by atoms with Crippen molar-refractivity contribution in [2.24, 2.45) is 16.7 Å². The van der Waals surface area contributed by atoms with E-state index in [0.717, 1.165) is 6.92 Å². The largest absolute Gasteiger partial charge is 0.488 e. The van der Waals surface area contributed by atoms with E-state index in [0.29, 0.717) is 57.0 Å². The second kappa shape index (κ2) is 30.6. The molecule has 26 nitrogen and oxygen atoms in total. The number of aliphatic hydroxyl groups excluding tert-OH is 2. The lowest BCUT2D eigenvalue weighted by Crippen LogP contribution is -2.81. The van der Waals surface area contributed by atoms with Crippen LogP contribution in [0.3, 0.4) is 0 Å². The van der Waals surface area contributed by atoms with Gasteiger partial charge >= 0.3 is 30.0 Å². The van der Waals surface area contributed by atoms with Crippen molar-refractivity contribution in [3.05, 3.63) is 92.7 Å². The highest BCUT2D eigenvalue weighted by Crippen LogP contribution is 2.64. The number of nitrogens with one attached hydrogen (secondary N) is 3. The molecule has 3 aliphatic carbocycles. The van der Waals surface area contributed by atoms with Gasteiger partial charge in [0.15, 0.2) is 33.5 Å². The molecule has 8 rings (SSSR count). The molecule has 3 heterocycles. The summed E-state index contributed by atoms with van der Waals surface area (Å²) in [5, 5.41) is 47.1. The molecule has 3 amide bonds. The SMILES string of the molecule is COCCOCCOCCC(=O)NCCCCC(NC(=O)c1sc(C(=O)O[C@H](C(=O)O[C@@H]2C[C@]3(O)[C@H](OC(=O)c4ccccc4)[C@@H]4[C@@](C)(C(=O)[C@@H](O)C(=C2C)C3(C)C)[C@H](O)CC2OC[C@@]24OC(C)=O)[C@H](NC(=O)OC(C)(C)C)c2ccccc2)c2c1OCCCO2)C(C)=O. The van der Waals surface area contributed by atoms with E-state index in [4.69, 9.17) is 52.1 Å². The van der Waals surface area contributed by atoms with Gasteiger partial charge in [-0.05, 0) is 89.6 Å². The van der Waals surface area contributed by atoms with Gasteiger partial charge < -0.3 is 83.4 Å². The first-order valence-corrected chi connectivity index (χ1v) is 32.3. The number of benzene rings is 2. The first kappa shape index (κ1) is 72.5. The number of methoxy groups -OCH3 is 1. The zero-order chi connectivity index (χ0) is 68.5. The van der Waals surface area contributed by atoms with Crippen molar-refractivity contribution in [2.45, 2.75) is 173 Å². The number of alkyl carbamates (subject to hydrolysis) is 1. The second-order valence-electron chi connectivity index (χ2n) is 25.9. The summed E-state index contributed by atoms with van der Waals surface area (Å²) in [7, 11) is 1.57. The number of unbranched alkanes of at least 4 members (excludes halogenated alkanes) is 1. The molecule has 6 N–H and O–H groups in total. The van der Waals surface area contributed by atoms with E-state index in [1.54, 1.807) is 64.3 Å². The number of rotatable bonds is 27. The molecule has 3 aromatic rings. The molecule has 1 aromatic heterocycles. The summed E-state index contributed by atoms with van der Waals surface area (Å²) < 4.78 is 64.7. The standard InChI is InChI=1S/C67H87N3O23S/c1-37-43(35-67(82)57(91-59(78)41-22-15-12-16-23-41)55-65(9,56(76)49(75)47(37)64(67,7)8)44(73)34-45-66(55,36-88-45)92-39(3)72)89-60(79)50(48(40-20-13-11-14-21-40)70-62(81)93-63(4,5)6)90-61(80)54-52-51(86-27-19-28-87-52)53(94-54)58(77)69-42(38(2)71)24-17-18-26-68-46(74)25-29-84-32-33-85-31-30-83-10/h11-16,20-23,42-45,48-50,55,57,73,75,82H,17-19,24-36H2,1-10H3,(H,68,74)(H,69,77)(H,70,81)/t42?,43-,44-,45?,48-,49+,50+,55-,57-,65+,66-,67+/m1/s1. The molecular formula is C67H87N3O23S. The molecule has 27 heteroatoms. The highest BCUT2D eigenvalue weighted by atomic mass is 32.1. The summed E-state index contributed by atoms with van der Waals surface area (Å²) in [5.41, 5.74) is -9.44. The average Bonchev–Trinajstić information content (AvgIpc) is 0.694. The van der Waals surface area contributed by atoms with Crippen molar-refractivity contribution in [1.29, 1.82) is 0 Å². The molecule has 0 spiro atoms. The van der Waals surface area contributed by atoms with Crippen LogP contribution in [0.1, 0.15) is 149 Å². The minimum Gasteiger partial charge on any atom is -0.488 e. The van der Waals surface area contributed by atoms with E-state index >= 15 is 14.4 Å². The maximum absolute atomic E-state index is 15.7. The van der Waals surface area contributed by atoms with E-state index in [1.807, 2.05) is 0 Å². The smallest absolute Gasteiger partial charge is 0.408 e. The number of esters is 4. The molecule has 2 bridgehead atoms. The molecule has 2 saturated carbocycles. The van der Waals surface area contributed by atoms with Gasteiger partial charge in [-0.3, -0.25) is 24.0 Å². The molecule has 2 aliphatic heterocycles. The van der Waals surface area contributed by atoms with Gasteiger partial charge in [0.2, 0.25) is 12.0 Å². The number of ether oxygens (including phenoxy) is 11. The number of amides is 3. The fourth-order valence-corrected chi connectivity index (χ4v) is 14.2. The highest BCUT2D eigenvalue weighted by Gasteiger charge is 2.78. The maximum atomic E-state index is 15.7. The van der Waals surface area contributed by atoms with Gasteiger partial charge in [0.25, 0.3) is 5.91 Å². The Morgan fingerprint density at radius 3 is 2.06 bits per heavy atom. The summed E-state index contributed by atoms with van der Waals surface area (Å²) in [6, 6.07) is 12.9. The summed E-state index contributed by atoms with van der Waals surface area (Å²) in [6.45, 7) is 14.7. The Balaban J connectivity index is 1.13. The number of hydrogen-bond acceptors (Lipinski definition) is 24. The number of fused-ring (bicyclic) bond motifs is 6. The number of ketones is 2. The van der Waals surface area contributed by atoms with Crippen LogP contribution in [-0.2, 0) is 66.6 Å². The van der Waals surface area contributed by atoms with Gasteiger partial charge in [0.05, 0.1) is 81.9 Å². The summed E-state index contributed by atoms with van der Waals surface area (Å²) >= 11 is 0.576. The van der Waals surface area contributed by atoms with Gasteiger partial charge in [0, 0.05) is 51.7 Å². The van der Waals surface area contributed by atoms with Crippen LogP contribution in [0.25, 0.3) is 0 Å². The Bertz CT molecular complexity index is 3290. The van der Waals surface area contributed by atoms with Crippen molar-refractivity contribution in [3.63, 3.8) is 0 Å². The molecule has 94 heavy (non-hydrogen) atoms. The van der Waals surface area contributed by atoms with E-state index in [-0.39, 0.29) is 107 Å². The molecule has 2 unspecified atom stereocenters. The van der Waals surface area contributed by atoms with Gasteiger partial charge in [-0.25, -0.2) is 19.2 Å². The number of aliphatic hydroxyl groups is 3. The van der Waals surface area contributed by atoms with E-state index in [1.165, 1.54) is 58.9 Å². The predicted molar refractivity (Wildman–Crippen MR) is 334 cm³/mol. The molecule has 514 valence electrons. The van der Waals surface area contributed by atoms with Crippen LogP contribution in [0.2, 0.25) is 0 Å². The van der Waals surface area contributed by atoms with Crippen molar-refractivity contribution in [2.75, 3.05) is 66.5 Å². The van der Waals surface area contributed by atoms with Crippen molar-refractivity contribution in [1.82, 2.24) is 16.0 Å². The normalized spacial score (nSPS) is 26.1. The Hall–Kier alpha value is -7.37. The van der Waals surface area contributed by atoms with Gasteiger partial charge in [-0.1, -0.05) is 62.4 Å². The molecule has 1 saturated heterocycles. The zero-order valence-electron chi connectivity index (χ0n) is 54.7. The van der Waals surface area contributed by atoms with Crippen LogP contribution in [0.5, 0.6) is 11.5 Å². The Morgan fingerprint density at radius 2 is 1.45 bits per heavy atom. The Kier molecular flexibility index (Phi) is 23.6. The molecule has 2 aromatic carbocycles. The van der Waals surface area contributed by atoms with Crippen LogP contribution in [0.4, 0.5) is 4.79 Å². The topological polar surface area (TPSA) is 352 Å². The van der Waals surface area contributed by atoms with Crippen LogP contribution >= 0.6 is 11.3 Å². The van der Waals surface area contributed by atoms with E-state index < -0.39 is 130 Å². The lowest BCUT2D eigenvalue weighted by Gasteiger charge is -2.67. The van der Waals surface area contributed by atoms with Crippen LogP contribution in [0, 0.1) is 16.7 Å². The quantitative estimate of drug-likeness (QED) is 0.0241. The van der Waals surface area contributed by atoms with Crippen molar-refractivity contribution < 1.29 is 111 Å². The summed E-state index contributed by atoms with van der Waals surface area (Å²) in [6.07, 6.45) is -11.4. The monoisotopic (exact) mass is 1330 g/mol. The fourth-order valence-electron chi connectivity index (χ4n) is 13.2. The first-order chi connectivity index (χ1) is 44.5. The third-order valence-corrected chi connectivity index (χ3v) is 19.2. The van der Waals surface area contributed by atoms with Crippen molar-refractivity contribution in [3.8, 4) is 11.5 Å². The first-order valence-electron chi connectivity index (χ1n) is 31.5. The molecule has 0 radical (unpaired) electrons. The Labute approximate surface area is 549 Å². The van der Waals surface area contributed by atoms with Gasteiger partial charge in [-0.2, -0.15) is 0 Å². The minimum absolute atomic E-state index is 0.00671. The third-order valence-electron chi connectivity index (χ3n) is 18.1. The molecule has 3 fully saturated rings. The van der Waals surface area contributed by atoms with E-state index in [9.17, 15) is 44.1 Å². The molecule has 12 atom stereocenters. The fraction of sp³-hybridized carbons (Fsp3) is 0.597. The summed E-state index contributed by atoms with van der Waals surface area (Å²) in [5.74, 6) is -8.98. The lowest BCUT2D eigenvalue weighted by atomic mass is 9.44. The number of carbonyl (C=O) groups is 9. The number of thiophene rings is 1. The van der Waals surface area contributed by atoms with Crippen LogP contribution < -0.4 is 25.4 Å². The second-order valence-corrected chi connectivity index (χ2v) is 26.9. The highest BCUT2D eigenvalue weighted by molar-refractivity contribution is 7.16. The number of Topliss-reactive ketones (excluding diaryl/α,β-unsaturated/α-hetero) is 2. The predicted octanol–water partition coefficient (Wildman–Crippen LogP) is 5.39. The number of carbonyl (C=O) groups excluding carboxylic acids is 9. The molecular weight excluding hydrogens is 1250 g/mol. The average molecular weight is 1330 g/mol. The van der Waals surface area contributed by atoms with Gasteiger partial charge in [-0.15, -0.1) is 11.3 Å². The number of hydrogen-bond donors (Lipinski definition) is 6. The third kappa shape index (κ3) is 15.6. The lowest BCUT2D eigenvalue weighted by molar-refractivity contribution is -0.346. The maximum Gasteiger partial charge on any atom is 0.408 e. The Morgan fingerprint density at radius 1 is 0.809 bits per heavy atom.